The van der Waals surface area contributed by atoms with E-state index >= 15 is 0 Å². The van der Waals surface area contributed by atoms with Crippen LogP contribution in [0.15, 0.2) is 55.0 Å². The molecule has 0 radical (unpaired) electrons. The fourth-order valence-corrected chi connectivity index (χ4v) is 3.92. The Labute approximate surface area is 169 Å². The average Bonchev–Trinajstić information content (AvgIpc) is 2.75. The second-order valence-electron chi connectivity index (χ2n) is 7.49. The van der Waals surface area contributed by atoms with E-state index in [9.17, 15) is 9.18 Å². The molecule has 1 saturated heterocycles. The monoisotopic (exact) mass is 390 g/mol. The van der Waals surface area contributed by atoms with Crippen molar-refractivity contribution in [1.29, 1.82) is 0 Å². The Balaban J connectivity index is 1.54. The lowest BCUT2D eigenvalue weighted by molar-refractivity contribution is 0.0699. The third-order valence-electron chi connectivity index (χ3n) is 5.29. The first-order valence-corrected chi connectivity index (χ1v) is 9.86. The zero-order valence-electron chi connectivity index (χ0n) is 16.4. The predicted octanol–water partition coefficient (Wildman–Crippen LogP) is 3.93. The summed E-state index contributed by atoms with van der Waals surface area (Å²) in [5, 5.41) is 0. The van der Waals surface area contributed by atoms with Crippen molar-refractivity contribution in [3.05, 3.63) is 89.0 Å². The normalized spacial score (nSPS) is 16.6. The fraction of sp³-hybridized carbons (Fsp3) is 0.304. The van der Waals surface area contributed by atoms with Crippen LogP contribution in [0.1, 0.15) is 51.8 Å². The van der Waals surface area contributed by atoms with Crippen molar-refractivity contribution < 1.29 is 9.18 Å². The number of aromatic nitrogens is 3. The molecule has 2 aromatic heterocycles. The van der Waals surface area contributed by atoms with E-state index < -0.39 is 0 Å². The molecule has 5 nitrogen and oxygen atoms in total. The molecule has 0 bridgehead atoms. The van der Waals surface area contributed by atoms with Gasteiger partial charge in [-0.2, -0.15) is 0 Å². The van der Waals surface area contributed by atoms with Gasteiger partial charge in [0.15, 0.2) is 0 Å². The molecule has 0 unspecified atom stereocenters. The summed E-state index contributed by atoms with van der Waals surface area (Å²) in [6, 6.07) is 10.9. The summed E-state index contributed by atoms with van der Waals surface area (Å²) in [6.45, 7) is 3.27. The number of carbonyl (C=O) groups excluding carboxylic acids is 1. The van der Waals surface area contributed by atoms with Gasteiger partial charge in [-0.25, -0.2) is 9.37 Å². The quantitative estimate of drug-likeness (QED) is 0.677. The van der Waals surface area contributed by atoms with Crippen molar-refractivity contribution >= 4 is 5.91 Å². The first kappa shape index (κ1) is 19.2. The van der Waals surface area contributed by atoms with E-state index in [0.29, 0.717) is 30.8 Å². The molecule has 148 valence electrons. The Bertz CT molecular complexity index is 1010. The second kappa shape index (κ2) is 8.47. The van der Waals surface area contributed by atoms with Gasteiger partial charge in [-0.3, -0.25) is 14.8 Å². The lowest BCUT2D eigenvalue weighted by atomic mass is 9.92. The highest BCUT2D eigenvalue weighted by Crippen LogP contribution is 2.28. The van der Waals surface area contributed by atoms with E-state index in [-0.39, 0.29) is 17.6 Å². The van der Waals surface area contributed by atoms with Crippen LogP contribution >= 0.6 is 0 Å². The highest BCUT2D eigenvalue weighted by Gasteiger charge is 2.27. The molecule has 1 fully saturated rings. The van der Waals surface area contributed by atoms with Crippen LogP contribution in [-0.2, 0) is 6.42 Å². The number of pyridine rings is 1. The maximum Gasteiger partial charge on any atom is 0.274 e. The van der Waals surface area contributed by atoms with Gasteiger partial charge in [-0.15, -0.1) is 0 Å². The number of benzene rings is 1. The Morgan fingerprint density at radius 2 is 2.10 bits per heavy atom. The Kier molecular flexibility index (Phi) is 5.60. The van der Waals surface area contributed by atoms with Gasteiger partial charge in [0.1, 0.15) is 11.5 Å². The molecule has 3 heterocycles. The topological polar surface area (TPSA) is 59.0 Å². The van der Waals surface area contributed by atoms with Crippen molar-refractivity contribution in [3.8, 4) is 0 Å². The van der Waals surface area contributed by atoms with Crippen molar-refractivity contribution in [2.24, 2.45) is 0 Å². The molecule has 1 amide bonds. The van der Waals surface area contributed by atoms with E-state index in [2.05, 4.69) is 16.0 Å². The molecule has 1 atom stereocenters. The molecule has 1 aliphatic heterocycles. The molecule has 3 aromatic rings. The van der Waals surface area contributed by atoms with Crippen molar-refractivity contribution in [3.63, 3.8) is 0 Å². The van der Waals surface area contributed by atoms with Crippen LogP contribution in [0.4, 0.5) is 4.39 Å². The van der Waals surface area contributed by atoms with E-state index in [1.54, 1.807) is 12.3 Å². The van der Waals surface area contributed by atoms with Gasteiger partial charge < -0.3 is 4.90 Å². The minimum atomic E-state index is -0.193. The van der Waals surface area contributed by atoms with Gasteiger partial charge in [0.2, 0.25) is 0 Å². The zero-order chi connectivity index (χ0) is 20.2. The number of amides is 1. The molecule has 4 rings (SSSR count). The number of piperidine rings is 1. The second-order valence-corrected chi connectivity index (χ2v) is 7.49. The number of rotatable bonds is 4. The summed E-state index contributed by atoms with van der Waals surface area (Å²) in [7, 11) is 0. The maximum absolute atomic E-state index is 14.1. The van der Waals surface area contributed by atoms with Gasteiger partial charge in [0, 0.05) is 49.2 Å². The van der Waals surface area contributed by atoms with Crippen molar-refractivity contribution in [2.45, 2.75) is 32.1 Å². The van der Waals surface area contributed by atoms with Crippen LogP contribution in [-0.4, -0.2) is 38.8 Å². The first-order chi connectivity index (χ1) is 14.1. The molecular formula is C23H23FN4O. The predicted molar refractivity (Wildman–Crippen MR) is 108 cm³/mol. The van der Waals surface area contributed by atoms with Crippen molar-refractivity contribution in [1.82, 2.24) is 19.9 Å². The minimum absolute atomic E-state index is 0.0953. The summed E-state index contributed by atoms with van der Waals surface area (Å²) < 4.78 is 14.1. The highest BCUT2D eigenvalue weighted by atomic mass is 19.1. The van der Waals surface area contributed by atoms with Gasteiger partial charge in [0.25, 0.3) is 5.91 Å². The van der Waals surface area contributed by atoms with Crippen LogP contribution in [0.3, 0.4) is 0 Å². The van der Waals surface area contributed by atoms with Crippen LogP contribution < -0.4 is 0 Å². The number of carbonyl (C=O) groups is 1. The van der Waals surface area contributed by atoms with E-state index in [1.165, 1.54) is 18.5 Å². The third-order valence-corrected chi connectivity index (χ3v) is 5.29. The summed E-state index contributed by atoms with van der Waals surface area (Å²) in [5.74, 6) is -0.132. The molecule has 0 N–H and O–H groups in total. The molecule has 1 aromatic carbocycles. The minimum Gasteiger partial charge on any atom is -0.337 e. The first-order valence-electron chi connectivity index (χ1n) is 9.86. The maximum atomic E-state index is 14.1. The van der Waals surface area contributed by atoms with E-state index in [1.807, 2.05) is 30.0 Å². The molecule has 6 heteroatoms. The summed E-state index contributed by atoms with van der Waals surface area (Å²) in [4.78, 5) is 27.4. The van der Waals surface area contributed by atoms with Crippen molar-refractivity contribution in [2.75, 3.05) is 13.1 Å². The lowest BCUT2D eigenvalue weighted by Gasteiger charge is -2.32. The number of likely N-dealkylation sites (tertiary alicyclic amines) is 1. The van der Waals surface area contributed by atoms with E-state index in [0.717, 1.165) is 29.8 Å². The van der Waals surface area contributed by atoms with Crippen LogP contribution in [0.25, 0.3) is 0 Å². The highest BCUT2D eigenvalue weighted by molar-refractivity contribution is 5.92. The number of hydrogen-bond donors (Lipinski definition) is 0. The zero-order valence-corrected chi connectivity index (χ0v) is 16.4. The Morgan fingerprint density at radius 3 is 2.90 bits per heavy atom. The smallest absolute Gasteiger partial charge is 0.274 e. The summed E-state index contributed by atoms with van der Waals surface area (Å²) in [5.41, 5.74) is 3.95. The van der Waals surface area contributed by atoms with Gasteiger partial charge in [-0.1, -0.05) is 18.2 Å². The summed E-state index contributed by atoms with van der Waals surface area (Å²) in [6.07, 6.45) is 7.01. The third kappa shape index (κ3) is 4.47. The number of nitrogens with zero attached hydrogens (tertiary/aromatic N) is 4. The summed E-state index contributed by atoms with van der Waals surface area (Å²) >= 11 is 0. The standard InChI is InChI=1S/C23H23FN4O/c1-16-11-17(12-18-5-2-3-7-20(18)24)13-21(27-16)19-6-4-10-28(15-19)23(29)22-14-25-8-9-26-22/h2-3,5,7-9,11,13-14,19H,4,6,10,12,15H2,1H3/t19-/m1/s1. The molecule has 0 spiro atoms. The van der Waals surface area contributed by atoms with Crippen LogP contribution in [0.2, 0.25) is 0 Å². The number of aryl methyl sites for hydroxylation is 1. The van der Waals surface area contributed by atoms with Gasteiger partial charge >= 0.3 is 0 Å². The molecular weight excluding hydrogens is 367 g/mol. The van der Waals surface area contributed by atoms with E-state index in [4.69, 9.17) is 4.98 Å². The van der Waals surface area contributed by atoms with Gasteiger partial charge in [0.05, 0.1) is 6.20 Å². The SMILES string of the molecule is Cc1cc(Cc2ccccc2F)cc([C@@H]2CCCN(C(=O)c3cnccn3)C2)n1. The number of halogens is 1. The van der Waals surface area contributed by atoms with Crippen LogP contribution in [0, 0.1) is 12.7 Å². The molecule has 29 heavy (non-hydrogen) atoms. The van der Waals surface area contributed by atoms with Crippen LogP contribution in [0.5, 0.6) is 0 Å². The molecule has 1 aliphatic rings. The number of hydrogen-bond acceptors (Lipinski definition) is 4. The lowest BCUT2D eigenvalue weighted by Crippen LogP contribution is -2.39. The largest absolute Gasteiger partial charge is 0.337 e. The molecule has 0 saturated carbocycles. The molecule has 0 aliphatic carbocycles. The average molecular weight is 390 g/mol. The fourth-order valence-electron chi connectivity index (χ4n) is 3.92. The Hall–Kier alpha value is -3.15. The van der Waals surface area contributed by atoms with Gasteiger partial charge in [-0.05, 0) is 49.1 Å². The Morgan fingerprint density at radius 1 is 1.24 bits per heavy atom.